The molecule has 1 aromatic carbocycles. The van der Waals surface area contributed by atoms with Crippen molar-refractivity contribution in [2.75, 3.05) is 24.5 Å². The fourth-order valence-electron chi connectivity index (χ4n) is 3.58. The number of imidazole rings is 1. The molecule has 0 bridgehead atoms. The number of benzene rings is 1. The third-order valence-electron chi connectivity index (χ3n) is 4.84. The number of piperidine rings is 1. The van der Waals surface area contributed by atoms with Gasteiger partial charge in [0.05, 0.1) is 11.6 Å². The first kappa shape index (κ1) is 15.3. The van der Waals surface area contributed by atoms with Gasteiger partial charge in [-0.05, 0) is 37.9 Å². The van der Waals surface area contributed by atoms with Gasteiger partial charge in [0.15, 0.2) is 0 Å². The van der Waals surface area contributed by atoms with E-state index in [0.29, 0.717) is 23.8 Å². The first-order chi connectivity index (χ1) is 11.7. The highest BCUT2D eigenvalue weighted by Crippen LogP contribution is 2.29. The maximum absolute atomic E-state index is 14.0. The minimum absolute atomic E-state index is 0.0129. The van der Waals surface area contributed by atoms with Gasteiger partial charge in [0.2, 0.25) is 11.9 Å². The van der Waals surface area contributed by atoms with E-state index >= 15 is 0 Å². The molecule has 0 radical (unpaired) electrons. The zero-order valence-electron chi connectivity index (χ0n) is 13.5. The Balaban J connectivity index is 1.65. The molecule has 1 saturated heterocycles. The lowest BCUT2D eigenvalue weighted by molar-refractivity contribution is -0.123. The molecule has 2 aliphatic rings. The van der Waals surface area contributed by atoms with Crippen LogP contribution in [0.3, 0.4) is 0 Å². The van der Waals surface area contributed by atoms with Gasteiger partial charge in [-0.25, -0.2) is 9.37 Å². The zero-order valence-corrected chi connectivity index (χ0v) is 13.5. The Morgan fingerprint density at radius 2 is 2.12 bits per heavy atom. The van der Waals surface area contributed by atoms with Crippen LogP contribution >= 0.6 is 0 Å². The molecule has 2 aromatic rings. The lowest BCUT2D eigenvalue weighted by Gasteiger charge is -2.31. The first-order valence-corrected chi connectivity index (χ1v) is 8.58. The molecule has 4 rings (SSSR count). The van der Waals surface area contributed by atoms with Crippen molar-refractivity contribution in [2.45, 2.75) is 25.8 Å². The summed E-state index contributed by atoms with van der Waals surface area (Å²) < 4.78 is 16.0. The monoisotopic (exact) mass is 328 g/mol. The molecule has 1 amide bonds. The van der Waals surface area contributed by atoms with Crippen LogP contribution in [0.1, 0.15) is 19.3 Å². The lowest BCUT2D eigenvalue weighted by Crippen LogP contribution is -2.46. The molecular formula is C18H21FN4O. The van der Waals surface area contributed by atoms with E-state index < -0.39 is 0 Å². The summed E-state index contributed by atoms with van der Waals surface area (Å²) in [6.45, 7) is 3.21. The maximum Gasteiger partial charge on any atom is 0.233 e. The second kappa shape index (κ2) is 6.36. The minimum atomic E-state index is -0.290. The molecule has 6 heteroatoms. The molecule has 24 heavy (non-hydrogen) atoms. The Kier molecular flexibility index (Phi) is 4.06. The number of rotatable bonds is 2. The summed E-state index contributed by atoms with van der Waals surface area (Å²) in [4.78, 5) is 19.3. The van der Waals surface area contributed by atoms with Crippen LogP contribution in [0, 0.1) is 11.7 Å². The molecule has 1 atom stereocenters. The van der Waals surface area contributed by atoms with Crippen molar-refractivity contribution in [3.8, 4) is 11.3 Å². The Morgan fingerprint density at radius 3 is 2.92 bits per heavy atom. The Labute approximate surface area is 140 Å². The van der Waals surface area contributed by atoms with E-state index in [1.807, 2.05) is 10.8 Å². The summed E-state index contributed by atoms with van der Waals surface area (Å²) in [5.41, 5.74) is 1.07. The van der Waals surface area contributed by atoms with Crippen LogP contribution < -0.4 is 10.2 Å². The predicted octanol–water partition coefficient (Wildman–Crippen LogP) is 2.43. The van der Waals surface area contributed by atoms with Crippen molar-refractivity contribution in [1.82, 2.24) is 14.9 Å². The van der Waals surface area contributed by atoms with Gasteiger partial charge in [-0.2, -0.15) is 0 Å². The van der Waals surface area contributed by atoms with Gasteiger partial charge in [-0.15, -0.1) is 0 Å². The number of aryl methyl sites for hydroxylation is 1. The van der Waals surface area contributed by atoms with Crippen molar-refractivity contribution < 1.29 is 9.18 Å². The van der Waals surface area contributed by atoms with E-state index in [4.69, 9.17) is 0 Å². The van der Waals surface area contributed by atoms with Crippen molar-refractivity contribution >= 4 is 11.9 Å². The van der Waals surface area contributed by atoms with Crippen LogP contribution in [0.25, 0.3) is 11.3 Å². The summed E-state index contributed by atoms with van der Waals surface area (Å²) >= 11 is 0. The SMILES string of the molecule is O=C(C1CCCNC1)N1CCCn2cc(-c3ccccc3F)nc21. The summed E-state index contributed by atoms with van der Waals surface area (Å²) in [6, 6.07) is 6.62. The molecule has 0 spiro atoms. The fourth-order valence-corrected chi connectivity index (χ4v) is 3.58. The molecule has 1 unspecified atom stereocenters. The van der Waals surface area contributed by atoms with Crippen LogP contribution in [0.15, 0.2) is 30.5 Å². The van der Waals surface area contributed by atoms with E-state index in [9.17, 15) is 9.18 Å². The number of amides is 1. The van der Waals surface area contributed by atoms with E-state index in [-0.39, 0.29) is 17.6 Å². The molecule has 1 fully saturated rings. The quantitative estimate of drug-likeness (QED) is 0.921. The highest BCUT2D eigenvalue weighted by Gasteiger charge is 2.31. The van der Waals surface area contributed by atoms with Gasteiger partial charge in [-0.1, -0.05) is 12.1 Å². The molecule has 0 saturated carbocycles. The summed E-state index contributed by atoms with van der Waals surface area (Å²) in [5.74, 6) is 0.505. The first-order valence-electron chi connectivity index (χ1n) is 8.58. The number of halogens is 1. The largest absolute Gasteiger partial charge is 0.316 e. The van der Waals surface area contributed by atoms with E-state index in [2.05, 4.69) is 10.3 Å². The van der Waals surface area contributed by atoms with E-state index in [1.165, 1.54) is 6.07 Å². The Bertz CT molecular complexity index is 751. The number of hydrogen-bond donors (Lipinski definition) is 1. The molecule has 2 aliphatic heterocycles. The van der Waals surface area contributed by atoms with Crippen molar-refractivity contribution in [3.63, 3.8) is 0 Å². The highest BCUT2D eigenvalue weighted by atomic mass is 19.1. The normalized spacial score (nSPS) is 20.7. The van der Waals surface area contributed by atoms with Crippen LogP contribution in [-0.4, -0.2) is 35.1 Å². The number of carbonyl (C=O) groups is 1. The standard InChI is InChI=1S/C18H21FN4O/c19-15-7-2-1-6-14(15)16-12-22-9-4-10-23(18(22)21-16)17(24)13-5-3-8-20-11-13/h1-2,6-7,12-13,20H,3-5,8-11H2. The number of nitrogens with one attached hydrogen (secondary N) is 1. The van der Waals surface area contributed by atoms with Crippen molar-refractivity contribution in [2.24, 2.45) is 5.92 Å². The van der Waals surface area contributed by atoms with Crippen LogP contribution in [-0.2, 0) is 11.3 Å². The number of fused-ring (bicyclic) bond motifs is 1. The van der Waals surface area contributed by atoms with Crippen LogP contribution in [0.4, 0.5) is 10.3 Å². The van der Waals surface area contributed by atoms with E-state index in [0.717, 1.165) is 38.9 Å². The van der Waals surface area contributed by atoms with Gasteiger partial charge in [0, 0.05) is 31.4 Å². The third kappa shape index (κ3) is 2.71. The fraction of sp³-hybridized carbons (Fsp3) is 0.444. The van der Waals surface area contributed by atoms with Crippen molar-refractivity contribution in [3.05, 3.63) is 36.3 Å². The van der Waals surface area contributed by atoms with Crippen LogP contribution in [0.2, 0.25) is 0 Å². The van der Waals surface area contributed by atoms with E-state index in [1.54, 1.807) is 23.1 Å². The van der Waals surface area contributed by atoms with Crippen molar-refractivity contribution in [1.29, 1.82) is 0 Å². The highest BCUT2D eigenvalue weighted by molar-refractivity contribution is 5.94. The number of aromatic nitrogens is 2. The van der Waals surface area contributed by atoms with Gasteiger partial charge < -0.3 is 9.88 Å². The molecule has 1 aromatic heterocycles. The topological polar surface area (TPSA) is 50.2 Å². The molecule has 1 N–H and O–H groups in total. The number of carbonyl (C=O) groups excluding carboxylic acids is 1. The summed E-state index contributed by atoms with van der Waals surface area (Å²) in [5, 5.41) is 3.29. The predicted molar refractivity (Wildman–Crippen MR) is 90.2 cm³/mol. The third-order valence-corrected chi connectivity index (χ3v) is 4.84. The maximum atomic E-state index is 14.0. The average molecular weight is 328 g/mol. The summed E-state index contributed by atoms with van der Waals surface area (Å²) in [7, 11) is 0. The minimum Gasteiger partial charge on any atom is -0.316 e. The summed E-state index contributed by atoms with van der Waals surface area (Å²) in [6.07, 6.45) is 4.70. The average Bonchev–Trinajstić information content (AvgIpc) is 3.06. The van der Waals surface area contributed by atoms with Crippen LogP contribution in [0.5, 0.6) is 0 Å². The Hall–Kier alpha value is -2.21. The van der Waals surface area contributed by atoms with Gasteiger partial charge in [0.25, 0.3) is 0 Å². The molecule has 0 aliphatic carbocycles. The molecule has 126 valence electrons. The van der Waals surface area contributed by atoms with Gasteiger partial charge in [0.1, 0.15) is 5.82 Å². The number of nitrogens with zero attached hydrogens (tertiary/aromatic N) is 3. The molecular weight excluding hydrogens is 307 g/mol. The molecule has 3 heterocycles. The lowest BCUT2D eigenvalue weighted by atomic mass is 9.98. The second-order valence-electron chi connectivity index (χ2n) is 6.49. The Morgan fingerprint density at radius 1 is 1.25 bits per heavy atom. The van der Waals surface area contributed by atoms with Gasteiger partial charge >= 0.3 is 0 Å². The molecule has 5 nitrogen and oxygen atoms in total. The van der Waals surface area contributed by atoms with Gasteiger partial charge in [-0.3, -0.25) is 9.69 Å². The number of hydrogen-bond acceptors (Lipinski definition) is 3. The number of anilines is 1. The smallest absolute Gasteiger partial charge is 0.233 e. The second-order valence-corrected chi connectivity index (χ2v) is 6.49. The zero-order chi connectivity index (χ0) is 16.5.